The van der Waals surface area contributed by atoms with Crippen LogP contribution in [0.15, 0.2) is 23.8 Å². The van der Waals surface area contributed by atoms with Crippen LogP contribution in [0.25, 0.3) is 0 Å². The highest BCUT2D eigenvalue weighted by atomic mass is 16.5. The van der Waals surface area contributed by atoms with Crippen LogP contribution in [0.2, 0.25) is 0 Å². The number of esters is 1. The molecule has 6 heteroatoms. The Kier molecular flexibility index (Phi) is 9.54. The molecule has 2 saturated carbocycles. The Morgan fingerprint density at radius 3 is 2.69 bits per heavy atom. The van der Waals surface area contributed by atoms with Gasteiger partial charge in [0, 0.05) is 30.2 Å². The molecule has 6 nitrogen and oxygen atoms in total. The predicted octanol–water partition coefficient (Wildman–Crippen LogP) is 3.83. The normalized spacial score (nSPS) is 30.2. The van der Waals surface area contributed by atoms with E-state index in [0.717, 1.165) is 12.8 Å². The Bertz CT molecular complexity index is 790. The molecule has 178 valence electrons. The summed E-state index contributed by atoms with van der Waals surface area (Å²) in [5.74, 6) is 4.69. The SMILES string of the molecule is CC#CCC(C)[C@@H](/C=C/[C@H]1[C@H](O)C[C@@H]2C/C(=C\CCCC(=O)O)C[C@@]21N)OC(=O)C(C)C. The lowest BCUT2D eigenvalue weighted by Crippen LogP contribution is -2.46. The van der Waals surface area contributed by atoms with Crippen molar-refractivity contribution in [2.75, 3.05) is 0 Å². The summed E-state index contributed by atoms with van der Waals surface area (Å²) in [6, 6.07) is 0. The summed E-state index contributed by atoms with van der Waals surface area (Å²) >= 11 is 0. The fourth-order valence-electron chi connectivity index (χ4n) is 4.85. The van der Waals surface area contributed by atoms with Gasteiger partial charge < -0.3 is 20.7 Å². The second-order valence-corrected chi connectivity index (χ2v) is 9.72. The fraction of sp³-hybridized carbons (Fsp3) is 0.692. The molecule has 0 radical (unpaired) electrons. The predicted molar refractivity (Wildman–Crippen MR) is 124 cm³/mol. The van der Waals surface area contributed by atoms with Gasteiger partial charge in [-0.05, 0) is 51.0 Å². The van der Waals surface area contributed by atoms with E-state index in [1.165, 1.54) is 5.57 Å². The molecular formula is C26H39NO5. The molecule has 0 aromatic rings. The molecule has 2 aliphatic rings. The third-order valence-corrected chi connectivity index (χ3v) is 6.78. The van der Waals surface area contributed by atoms with E-state index in [-0.39, 0.29) is 36.1 Å². The number of hydrogen-bond acceptors (Lipinski definition) is 5. The van der Waals surface area contributed by atoms with Crippen LogP contribution < -0.4 is 5.73 Å². The molecule has 2 aliphatic carbocycles. The van der Waals surface area contributed by atoms with Crippen molar-refractivity contribution in [1.82, 2.24) is 0 Å². The summed E-state index contributed by atoms with van der Waals surface area (Å²) < 4.78 is 5.74. The van der Waals surface area contributed by atoms with E-state index in [4.69, 9.17) is 15.6 Å². The lowest BCUT2D eigenvalue weighted by Gasteiger charge is -2.31. The molecular weight excluding hydrogens is 406 g/mol. The summed E-state index contributed by atoms with van der Waals surface area (Å²) in [6.45, 7) is 7.41. The summed E-state index contributed by atoms with van der Waals surface area (Å²) in [4.78, 5) is 22.9. The molecule has 32 heavy (non-hydrogen) atoms. The summed E-state index contributed by atoms with van der Waals surface area (Å²) in [6.07, 6.45) is 9.34. The Morgan fingerprint density at radius 2 is 2.06 bits per heavy atom. The van der Waals surface area contributed by atoms with Gasteiger partial charge in [-0.25, -0.2) is 0 Å². The van der Waals surface area contributed by atoms with Gasteiger partial charge in [0.05, 0.1) is 12.0 Å². The Labute approximate surface area is 192 Å². The van der Waals surface area contributed by atoms with Crippen LogP contribution in [-0.2, 0) is 14.3 Å². The number of rotatable bonds is 10. The van der Waals surface area contributed by atoms with Crippen molar-refractivity contribution in [3.8, 4) is 11.8 Å². The van der Waals surface area contributed by atoms with Crippen molar-refractivity contribution < 1.29 is 24.5 Å². The van der Waals surface area contributed by atoms with Gasteiger partial charge in [0.15, 0.2) is 0 Å². The number of aliphatic hydroxyl groups excluding tert-OH is 1. The highest BCUT2D eigenvalue weighted by Gasteiger charge is 2.54. The molecule has 2 fully saturated rings. The van der Waals surface area contributed by atoms with Gasteiger partial charge >= 0.3 is 11.9 Å². The molecule has 0 heterocycles. The van der Waals surface area contributed by atoms with E-state index < -0.39 is 23.7 Å². The highest BCUT2D eigenvalue weighted by Crippen LogP contribution is 2.52. The van der Waals surface area contributed by atoms with Gasteiger partial charge in [-0.2, -0.15) is 0 Å². The molecule has 0 aromatic heterocycles. The summed E-state index contributed by atoms with van der Waals surface area (Å²) in [5.41, 5.74) is 7.58. The van der Waals surface area contributed by atoms with E-state index in [1.807, 2.05) is 32.9 Å². The van der Waals surface area contributed by atoms with Crippen molar-refractivity contribution in [3.63, 3.8) is 0 Å². The average molecular weight is 446 g/mol. The molecule has 0 spiro atoms. The summed E-state index contributed by atoms with van der Waals surface area (Å²) in [7, 11) is 0. The van der Waals surface area contributed by atoms with Crippen LogP contribution in [0.4, 0.5) is 0 Å². The van der Waals surface area contributed by atoms with Crippen molar-refractivity contribution in [2.45, 2.75) is 90.4 Å². The van der Waals surface area contributed by atoms with Crippen LogP contribution >= 0.6 is 0 Å². The van der Waals surface area contributed by atoms with Gasteiger partial charge in [-0.3, -0.25) is 9.59 Å². The molecule has 0 aliphatic heterocycles. The second-order valence-electron chi connectivity index (χ2n) is 9.72. The lowest BCUT2D eigenvalue weighted by atomic mass is 9.82. The van der Waals surface area contributed by atoms with E-state index in [9.17, 15) is 14.7 Å². The third kappa shape index (κ3) is 6.70. The number of nitrogens with two attached hydrogens (primary N) is 1. The van der Waals surface area contributed by atoms with Gasteiger partial charge in [0.1, 0.15) is 6.10 Å². The molecule has 2 rings (SSSR count). The van der Waals surface area contributed by atoms with Crippen LogP contribution in [0, 0.1) is 35.5 Å². The van der Waals surface area contributed by atoms with Crippen molar-refractivity contribution in [3.05, 3.63) is 23.8 Å². The zero-order valence-electron chi connectivity index (χ0n) is 19.8. The number of fused-ring (bicyclic) bond motifs is 1. The molecule has 1 unspecified atom stereocenters. The minimum absolute atomic E-state index is 0.0257. The largest absolute Gasteiger partial charge is 0.481 e. The monoisotopic (exact) mass is 445 g/mol. The van der Waals surface area contributed by atoms with Gasteiger partial charge in [-0.1, -0.05) is 38.5 Å². The molecule has 0 aromatic carbocycles. The number of unbranched alkanes of at least 4 members (excludes halogenated alkanes) is 1. The first-order chi connectivity index (χ1) is 15.1. The number of carbonyl (C=O) groups is 2. The lowest BCUT2D eigenvalue weighted by molar-refractivity contribution is -0.152. The van der Waals surface area contributed by atoms with Crippen molar-refractivity contribution >= 4 is 11.9 Å². The number of aliphatic hydroxyl groups is 1. The average Bonchev–Trinajstić information content (AvgIpc) is 3.14. The maximum Gasteiger partial charge on any atom is 0.308 e. The second kappa shape index (κ2) is 11.7. The smallest absolute Gasteiger partial charge is 0.308 e. The quantitative estimate of drug-likeness (QED) is 0.204. The van der Waals surface area contributed by atoms with Crippen molar-refractivity contribution in [1.29, 1.82) is 0 Å². The van der Waals surface area contributed by atoms with E-state index in [2.05, 4.69) is 17.9 Å². The zero-order chi connectivity index (χ0) is 23.9. The van der Waals surface area contributed by atoms with Gasteiger partial charge in [-0.15, -0.1) is 11.8 Å². The van der Waals surface area contributed by atoms with Crippen LogP contribution in [0.3, 0.4) is 0 Å². The minimum atomic E-state index is -0.776. The number of allylic oxidation sites excluding steroid dienone is 1. The van der Waals surface area contributed by atoms with Crippen molar-refractivity contribution in [2.24, 2.45) is 29.4 Å². The first kappa shape index (κ1) is 26.2. The molecule has 6 atom stereocenters. The molecule has 0 saturated heterocycles. The minimum Gasteiger partial charge on any atom is -0.481 e. The van der Waals surface area contributed by atoms with E-state index in [0.29, 0.717) is 25.7 Å². The number of carbonyl (C=O) groups excluding carboxylic acids is 1. The summed E-state index contributed by atoms with van der Waals surface area (Å²) in [5, 5.41) is 19.5. The van der Waals surface area contributed by atoms with Crippen LogP contribution in [-0.4, -0.2) is 39.9 Å². The molecule has 0 amide bonds. The Morgan fingerprint density at radius 1 is 1.34 bits per heavy atom. The van der Waals surface area contributed by atoms with E-state index in [1.54, 1.807) is 6.92 Å². The van der Waals surface area contributed by atoms with Crippen LogP contribution in [0.5, 0.6) is 0 Å². The number of hydrogen-bond donors (Lipinski definition) is 3. The maximum absolute atomic E-state index is 12.2. The zero-order valence-corrected chi connectivity index (χ0v) is 19.8. The maximum atomic E-state index is 12.2. The number of aliphatic carboxylic acids is 1. The number of carboxylic acid groups (broad SMARTS) is 1. The topological polar surface area (TPSA) is 110 Å². The fourth-order valence-corrected chi connectivity index (χ4v) is 4.85. The van der Waals surface area contributed by atoms with Gasteiger partial charge in [0.25, 0.3) is 0 Å². The van der Waals surface area contributed by atoms with Crippen LogP contribution in [0.1, 0.15) is 72.6 Å². The first-order valence-corrected chi connectivity index (χ1v) is 11.7. The number of ether oxygens (including phenoxy) is 1. The number of carboxylic acids is 1. The van der Waals surface area contributed by atoms with E-state index >= 15 is 0 Å². The third-order valence-electron chi connectivity index (χ3n) is 6.78. The highest BCUT2D eigenvalue weighted by molar-refractivity contribution is 5.71. The molecule has 0 bridgehead atoms. The standard InChI is InChI=1S/C26H39NO5/c1-5-6-9-18(4)23(32-25(31)17(2)3)13-12-21-22(28)15-20-14-19(16-26(20,21)27)10-7-8-11-24(29)30/h10,12-13,17-18,20-23,28H,7-9,11,14-16,27H2,1-4H3,(H,29,30)/b13-12+,19-10+/t18?,20-,21-,22+,23+,26+/m0/s1. The van der Waals surface area contributed by atoms with Gasteiger partial charge in [0.2, 0.25) is 0 Å². The first-order valence-electron chi connectivity index (χ1n) is 11.7. The molecule has 4 N–H and O–H groups in total. The Hall–Kier alpha value is -2.10. The Balaban J connectivity index is 2.13.